The van der Waals surface area contributed by atoms with Gasteiger partial charge < -0.3 is 16.2 Å². The number of nitrogens with two attached hydrogens (primary N) is 2. The molecule has 7 heteroatoms. The van der Waals surface area contributed by atoms with Crippen molar-refractivity contribution in [1.82, 2.24) is 0 Å². The molecule has 114 valence electrons. The second-order valence-electron chi connectivity index (χ2n) is 4.38. The summed E-state index contributed by atoms with van der Waals surface area (Å²) in [5, 5.41) is 7.29. The number of hydrogen-bond acceptors (Lipinski definition) is 3. The first-order valence-electron chi connectivity index (χ1n) is 6.33. The second kappa shape index (κ2) is 7.42. The summed E-state index contributed by atoms with van der Waals surface area (Å²) in [4.78, 5) is 0. The average molecular weight is 321 g/mol. The van der Waals surface area contributed by atoms with E-state index in [0.29, 0.717) is 11.3 Å². The minimum absolute atomic E-state index is 0.0909. The topological polar surface area (TPSA) is 86.0 Å². The van der Waals surface area contributed by atoms with Crippen LogP contribution in [0.25, 0.3) is 0 Å². The first-order valence-corrected chi connectivity index (χ1v) is 6.71. The normalized spacial score (nSPS) is 10.6. The van der Waals surface area contributed by atoms with Crippen LogP contribution in [0.1, 0.15) is 11.1 Å². The molecule has 0 aliphatic carbocycles. The third-order valence-corrected chi connectivity index (χ3v) is 2.96. The zero-order valence-electron chi connectivity index (χ0n) is 11.5. The summed E-state index contributed by atoms with van der Waals surface area (Å²) in [5.74, 6) is 0.0785. The Hall–Kier alpha value is -2.60. The van der Waals surface area contributed by atoms with Crippen LogP contribution in [0.15, 0.2) is 52.7 Å². The van der Waals surface area contributed by atoms with Gasteiger partial charge in [0.05, 0.1) is 11.2 Å². The molecule has 22 heavy (non-hydrogen) atoms. The van der Waals surface area contributed by atoms with E-state index in [1.54, 1.807) is 30.3 Å². The van der Waals surface area contributed by atoms with Crippen molar-refractivity contribution in [3.8, 4) is 5.75 Å². The fourth-order valence-electron chi connectivity index (χ4n) is 1.61. The van der Waals surface area contributed by atoms with Gasteiger partial charge >= 0.3 is 0 Å². The average Bonchev–Trinajstić information content (AvgIpc) is 2.49. The van der Waals surface area contributed by atoms with Crippen LogP contribution in [-0.4, -0.2) is 12.2 Å². The molecule has 0 atom stereocenters. The smallest absolute Gasteiger partial charge is 0.211 e. The van der Waals surface area contributed by atoms with Gasteiger partial charge in [0.15, 0.2) is 0 Å². The van der Waals surface area contributed by atoms with Crippen molar-refractivity contribution in [2.45, 2.75) is 6.61 Å². The molecule has 2 aromatic carbocycles. The van der Waals surface area contributed by atoms with Gasteiger partial charge in [-0.3, -0.25) is 0 Å². The van der Waals surface area contributed by atoms with Crippen molar-refractivity contribution in [2.24, 2.45) is 21.7 Å². The molecule has 5 nitrogen and oxygen atoms in total. The molecule has 0 bridgehead atoms. The molecular weight excluding hydrogens is 307 g/mol. The lowest BCUT2D eigenvalue weighted by Gasteiger charge is -2.07. The molecule has 2 rings (SSSR count). The molecule has 0 heterocycles. The fourth-order valence-corrected chi connectivity index (χ4v) is 1.73. The van der Waals surface area contributed by atoms with E-state index in [1.807, 2.05) is 0 Å². The number of nitrogens with zero attached hydrogens (tertiary/aromatic N) is 2. The molecule has 0 aliphatic rings. The lowest BCUT2D eigenvalue weighted by molar-refractivity contribution is 0.305. The monoisotopic (exact) mass is 320 g/mol. The second-order valence-corrected chi connectivity index (χ2v) is 4.78. The lowest BCUT2D eigenvalue weighted by atomic mass is 10.2. The number of halogens is 2. The Balaban J connectivity index is 1.95. The van der Waals surface area contributed by atoms with E-state index < -0.39 is 5.82 Å². The van der Waals surface area contributed by atoms with Crippen LogP contribution in [-0.2, 0) is 6.61 Å². The molecule has 0 aliphatic heterocycles. The molecule has 4 N–H and O–H groups in total. The highest BCUT2D eigenvalue weighted by Gasteiger charge is 2.02. The van der Waals surface area contributed by atoms with Crippen LogP contribution in [0.5, 0.6) is 5.75 Å². The largest absolute Gasteiger partial charge is 0.489 e. The molecule has 0 saturated heterocycles. The van der Waals surface area contributed by atoms with Gasteiger partial charge in [0.25, 0.3) is 0 Å². The summed E-state index contributed by atoms with van der Waals surface area (Å²) in [7, 11) is 0. The van der Waals surface area contributed by atoms with Gasteiger partial charge in [0.2, 0.25) is 5.96 Å². The Labute approximate surface area is 132 Å². The van der Waals surface area contributed by atoms with Crippen LogP contribution in [0.3, 0.4) is 0 Å². The summed E-state index contributed by atoms with van der Waals surface area (Å²) in [5.41, 5.74) is 11.8. The van der Waals surface area contributed by atoms with E-state index >= 15 is 0 Å². The third-order valence-electron chi connectivity index (χ3n) is 2.65. The van der Waals surface area contributed by atoms with Crippen LogP contribution < -0.4 is 16.2 Å². The zero-order valence-corrected chi connectivity index (χ0v) is 12.3. The summed E-state index contributed by atoms with van der Waals surface area (Å²) in [6, 6.07) is 11.7. The zero-order chi connectivity index (χ0) is 15.9. The van der Waals surface area contributed by atoms with Gasteiger partial charge in [0.1, 0.15) is 18.2 Å². The van der Waals surface area contributed by atoms with Crippen molar-refractivity contribution in [2.75, 3.05) is 0 Å². The highest BCUT2D eigenvalue weighted by Crippen LogP contribution is 2.18. The molecule has 0 unspecified atom stereocenters. The van der Waals surface area contributed by atoms with Gasteiger partial charge in [-0.25, -0.2) is 4.39 Å². The number of guanidine groups is 1. The Kier molecular flexibility index (Phi) is 5.32. The van der Waals surface area contributed by atoms with Gasteiger partial charge in [-0.2, -0.15) is 5.10 Å². The number of ether oxygens (including phenoxy) is 1. The molecule has 0 amide bonds. The highest BCUT2D eigenvalue weighted by molar-refractivity contribution is 6.30. The quantitative estimate of drug-likeness (QED) is 0.504. The van der Waals surface area contributed by atoms with E-state index in [0.717, 1.165) is 5.56 Å². The Morgan fingerprint density at radius 1 is 1.18 bits per heavy atom. The van der Waals surface area contributed by atoms with Crippen molar-refractivity contribution in [1.29, 1.82) is 0 Å². The summed E-state index contributed by atoms with van der Waals surface area (Å²) in [6.07, 6.45) is 1.51. The standard InChI is InChI=1S/C15H14ClFN4O/c16-13-6-3-11(7-14(13)17)9-22-12-4-1-10(2-5-12)8-20-21-15(18)19/h1-8H,9H2,(H4,18,19,21). The Morgan fingerprint density at radius 3 is 2.55 bits per heavy atom. The predicted octanol–water partition coefficient (Wildman–Crippen LogP) is 2.67. The predicted molar refractivity (Wildman–Crippen MR) is 85.6 cm³/mol. The van der Waals surface area contributed by atoms with Gasteiger partial charge in [0, 0.05) is 0 Å². The van der Waals surface area contributed by atoms with Gasteiger partial charge in [-0.1, -0.05) is 17.7 Å². The fraction of sp³-hybridized carbons (Fsp3) is 0.0667. The minimum Gasteiger partial charge on any atom is -0.489 e. The van der Waals surface area contributed by atoms with Crippen molar-refractivity contribution < 1.29 is 9.13 Å². The maximum Gasteiger partial charge on any atom is 0.211 e. The maximum atomic E-state index is 13.3. The van der Waals surface area contributed by atoms with Crippen LogP contribution in [0, 0.1) is 5.82 Å². The molecule has 0 aromatic heterocycles. The molecule has 0 saturated carbocycles. The number of rotatable bonds is 5. The van der Waals surface area contributed by atoms with Crippen LogP contribution >= 0.6 is 11.6 Å². The van der Waals surface area contributed by atoms with Crippen molar-refractivity contribution in [3.05, 3.63) is 64.4 Å². The Bertz CT molecular complexity index is 697. The summed E-state index contributed by atoms with van der Waals surface area (Å²) in [6.45, 7) is 0.246. The molecule has 2 aromatic rings. The first kappa shape index (κ1) is 15.8. The molecule has 0 radical (unpaired) electrons. The van der Waals surface area contributed by atoms with E-state index in [9.17, 15) is 4.39 Å². The van der Waals surface area contributed by atoms with E-state index in [1.165, 1.54) is 18.3 Å². The highest BCUT2D eigenvalue weighted by atomic mass is 35.5. The summed E-state index contributed by atoms with van der Waals surface area (Å²) < 4.78 is 18.9. The minimum atomic E-state index is -0.464. The number of benzene rings is 2. The van der Waals surface area contributed by atoms with Crippen molar-refractivity contribution >= 4 is 23.8 Å². The van der Waals surface area contributed by atoms with E-state index in [-0.39, 0.29) is 17.6 Å². The summed E-state index contributed by atoms with van der Waals surface area (Å²) >= 11 is 5.62. The number of hydrogen-bond donors (Lipinski definition) is 2. The van der Waals surface area contributed by atoms with Crippen LogP contribution in [0.4, 0.5) is 4.39 Å². The van der Waals surface area contributed by atoms with Gasteiger partial charge in [-0.05, 0) is 47.5 Å². The molecule has 0 fully saturated rings. The molecular formula is C15H14ClFN4O. The van der Waals surface area contributed by atoms with E-state index in [2.05, 4.69) is 10.2 Å². The molecule has 0 spiro atoms. The third kappa shape index (κ3) is 4.75. The van der Waals surface area contributed by atoms with Crippen LogP contribution in [0.2, 0.25) is 5.02 Å². The maximum absolute atomic E-state index is 13.3. The Morgan fingerprint density at radius 2 is 1.91 bits per heavy atom. The first-order chi connectivity index (χ1) is 10.5. The SMILES string of the molecule is NC(N)=NN=Cc1ccc(OCc2ccc(Cl)c(F)c2)cc1. The van der Waals surface area contributed by atoms with Crippen molar-refractivity contribution in [3.63, 3.8) is 0 Å². The van der Waals surface area contributed by atoms with Gasteiger partial charge in [-0.15, -0.1) is 5.10 Å². The lowest BCUT2D eigenvalue weighted by Crippen LogP contribution is -2.21. The van der Waals surface area contributed by atoms with E-state index in [4.69, 9.17) is 27.8 Å².